The van der Waals surface area contributed by atoms with Crippen molar-refractivity contribution < 1.29 is 19.6 Å². The zero-order valence-electron chi connectivity index (χ0n) is 8.35. The molecule has 0 aliphatic heterocycles. The van der Waals surface area contributed by atoms with Crippen LogP contribution in [-0.2, 0) is 4.79 Å². The van der Waals surface area contributed by atoms with Crippen LogP contribution in [0.25, 0.3) is 0 Å². The van der Waals surface area contributed by atoms with Crippen molar-refractivity contribution in [2.75, 3.05) is 13.6 Å². The largest absolute Gasteiger partial charge is 0.717 e. The topological polar surface area (TPSA) is 150 Å². The maximum absolute atomic E-state index is 10.7. The summed E-state index contributed by atoms with van der Waals surface area (Å²) in [5.74, 6) is -4.38. The molecular formula is C5H8N4O7. The molecule has 0 spiro atoms. The molecule has 0 bridgehead atoms. The molecule has 0 saturated heterocycles. The molecule has 0 heterocycles. The summed E-state index contributed by atoms with van der Waals surface area (Å²) in [6.45, 7) is -0.264. The van der Waals surface area contributed by atoms with E-state index in [1.54, 1.807) is 0 Å². The third-order valence-electron chi connectivity index (χ3n) is 1.86. The van der Waals surface area contributed by atoms with E-state index in [9.17, 15) is 35.1 Å². The summed E-state index contributed by atoms with van der Waals surface area (Å²) < 4.78 is 0. The van der Waals surface area contributed by atoms with Crippen molar-refractivity contribution >= 4 is 5.91 Å². The molecule has 0 aliphatic rings. The Bertz CT molecular complexity index is 317. The third-order valence-corrected chi connectivity index (χ3v) is 1.86. The second kappa shape index (κ2) is 4.46. The van der Waals surface area contributed by atoms with E-state index in [0.29, 0.717) is 4.90 Å². The van der Waals surface area contributed by atoms with Crippen molar-refractivity contribution in [2.45, 2.75) is 12.7 Å². The van der Waals surface area contributed by atoms with Crippen LogP contribution >= 0.6 is 0 Å². The Kier molecular flexibility index (Phi) is 3.81. The number of nitro groups is 3. The van der Waals surface area contributed by atoms with Gasteiger partial charge in [-0.2, -0.15) is 0 Å². The summed E-state index contributed by atoms with van der Waals surface area (Å²) >= 11 is 0. The molecule has 0 N–H and O–H groups in total. The van der Waals surface area contributed by atoms with Gasteiger partial charge in [-0.05, 0) is 0 Å². The van der Waals surface area contributed by atoms with Crippen molar-refractivity contribution in [3.05, 3.63) is 30.3 Å². The predicted molar refractivity (Wildman–Crippen MR) is 47.0 cm³/mol. The van der Waals surface area contributed by atoms with Gasteiger partial charge in [0.25, 0.3) is 0 Å². The van der Waals surface area contributed by atoms with Gasteiger partial charge in [0.05, 0.1) is 0 Å². The molecule has 0 radical (unpaired) electrons. The van der Waals surface area contributed by atoms with Gasteiger partial charge in [-0.15, -0.1) is 0 Å². The van der Waals surface area contributed by atoms with Crippen LogP contribution < -0.4 is 0 Å². The highest BCUT2D eigenvalue weighted by Crippen LogP contribution is 2.13. The third kappa shape index (κ3) is 2.18. The van der Waals surface area contributed by atoms with Crippen LogP contribution in [0.3, 0.4) is 0 Å². The van der Waals surface area contributed by atoms with E-state index in [4.69, 9.17) is 0 Å². The van der Waals surface area contributed by atoms with Gasteiger partial charge in [0.1, 0.15) is 0 Å². The van der Waals surface area contributed by atoms with Crippen LogP contribution in [0, 0.1) is 30.3 Å². The summed E-state index contributed by atoms with van der Waals surface area (Å²) in [6, 6.07) is 0. The van der Waals surface area contributed by atoms with E-state index in [-0.39, 0.29) is 0 Å². The van der Waals surface area contributed by atoms with Gasteiger partial charge in [-0.1, -0.05) is 0 Å². The molecule has 0 aliphatic carbocycles. The maximum atomic E-state index is 10.7. The first-order valence-electron chi connectivity index (χ1n) is 3.81. The van der Waals surface area contributed by atoms with Gasteiger partial charge in [0, 0.05) is 14.0 Å². The number of likely N-dealkylation sites (N-methyl/N-ethyl adjacent to an activating group) is 1. The SMILES string of the molecule is CC(=O)N(C)CC([N+](=O)[O-])([N+](=O)[O-])[N+](=O)[O-]. The standard InChI is InChI=1S/C5H8N4O7/c1-4(10)6(2)3-5(7(11)12,8(13)14)9(15)16/h3H2,1-2H3. The first-order chi connectivity index (χ1) is 7.16. The van der Waals surface area contributed by atoms with Crippen LogP contribution in [-0.4, -0.2) is 45.0 Å². The normalized spacial score (nSPS) is 10.6. The average Bonchev–Trinajstić information content (AvgIpc) is 2.11. The number of hydrogen-bond donors (Lipinski definition) is 0. The average molecular weight is 236 g/mol. The zero-order chi connectivity index (χ0) is 13.1. The Balaban J connectivity index is 5.39. The molecule has 0 saturated carbocycles. The molecule has 0 fully saturated rings. The van der Waals surface area contributed by atoms with Crippen molar-refractivity contribution in [2.24, 2.45) is 0 Å². The van der Waals surface area contributed by atoms with Gasteiger partial charge in [0.2, 0.25) is 12.5 Å². The number of nitrogens with zero attached hydrogens (tertiary/aromatic N) is 4. The lowest BCUT2D eigenvalue weighted by atomic mass is 10.3. The Morgan fingerprint density at radius 1 is 1.12 bits per heavy atom. The molecule has 16 heavy (non-hydrogen) atoms. The van der Waals surface area contributed by atoms with Crippen LogP contribution in [0.15, 0.2) is 0 Å². The molecule has 0 atom stereocenters. The molecule has 0 aromatic carbocycles. The monoisotopic (exact) mass is 236 g/mol. The predicted octanol–water partition coefficient (Wildman–Crippen LogP) is -1.05. The summed E-state index contributed by atoms with van der Waals surface area (Å²) in [5, 5.41) is 31.3. The minimum absolute atomic E-state index is 0.536. The molecular weight excluding hydrogens is 228 g/mol. The van der Waals surface area contributed by atoms with Gasteiger partial charge in [-0.25, -0.2) is 0 Å². The van der Waals surface area contributed by atoms with E-state index in [2.05, 4.69) is 0 Å². The number of rotatable bonds is 5. The van der Waals surface area contributed by atoms with Gasteiger partial charge in [-0.3, -0.25) is 35.1 Å². The number of carbonyl (C=O) groups excluding carboxylic acids is 1. The first-order valence-corrected chi connectivity index (χ1v) is 3.81. The number of amides is 1. The lowest BCUT2D eigenvalue weighted by Crippen LogP contribution is -2.60. The highest BCUT2D eigenvalue weighted by atomic mass is 16.7. The van der Waals surface area contributed by atoms with E-state index >= 15 is 0 Å². The van der Waals surface area contributed by atoms with Crippen molar-refractivity contribution in [3.8, 4) is 0 Å². The lowest BCUT2D eigenvalue weighted by molar-refractivity contribution is -0.968. The Morgan fingerprint density at radius 2 is 1.44 bits per heavy atom. The molecule has 90 valence electrons. The van der Waals surface area contributed by atoms with Crippen LogP contribution in [0.2, 0.25) is 0 Å². The fraction of sp³-hybridized carbons (Fsp3) is 0.800. The molecule has 0 aromatic rings. The van der Waals surface area contributed by atoms with E-state index in [0.717, 1.165) is 14.0 Å². The van der Waals surface area contributed by atoms with Crippen molar-refractivity contribution in [1.29, 1.82) is 0 Å². The summed E-state index contributed by atoms with van der Waals surface area (Å²) in [7, 11) is 0.994. The summed E-state index contributed by atoms with van der Waals surface area (Å²) in [5.41, 5.74) is 0. The van der Waals surface area contributed by atoms with Gasteiger partial charge in [0.15, 0.2) is 14.8 Å². The zero-order valence-corrected chi connectivity index (χ0v) is 8.35. The number of carbonyl (C=O) groups is 1. The first kappa shape index (κ1) is 13.7. The maximum Gasteiger partial charge on any atom is 0.717 e. The molecule has 11 nitrogen and oxygen atoms in total. The van der Waals surface area contributed by atoms with Crippen molar-refractivity contribution in [3.63, 3.8) is 0 Å². The quantitative estimate of drug-likeness (QED) is 0.335. The number of hydrogen-bond acceptors (Lipinski definition) is 7. The van der Waals surface area contributed by atoms with Crippen LogP contribution in [0.1, 0.15) is 6.92 Å². The van der Waals surface area contributed by atoms with E-state index < -0.39 is 33.0 Å². The molecule has 0 aromatic heterocycles. The highest BCUT2D eigenvalue weighted by Gasteiger charge is 2.71. The molecule has 11 heteroatoms. The Hall–Kier alpha value is -2.33. The van der Waals surface area contributed by atoms with E-state index in [1.165, 1.54) is 0 Å². The molecule has 0 unspecified atom stereocenters. The summed E-state index contributed by atoms with van der Waals surface area (Å²) in [4.78, 5) is 37.7. The fourth-order valence-electron chi connectivity index (χ4n) is 0.803. The second-order valence-electron chi connectivity index (χ2n) is 2.92. The Labute approximate surface area is 88.1 Å². The Morgan fingerprint density at radius 3 is 1.62 bits per heavy atom. The second-order valence-corrected chi connectivity index (χ2v) is 2.92. The molecule has 0 rings (SSSR count). The lowest BCUT2D eigenvalue weighted by Gasteiger charge is -2.15. The highest BCUT2D eigenvalue weighted by molar-refractivity contribution is 5.72. The minimum Gasteiger partial charge on any atom is -0.325 e. The van der Waals surface area contributed by atoms with E-state index in [1.807, 2.05) is 0 Å². The smallest absolute Gasteiger partial charge is 0.325 e. The minimum atomic E-state index is -3.62. The van der Waals surface area contributed by atoms with Crippen molar-refractivity contribution in [1.82, 2.24) is 4.90 Å². The summed E-state index contributed by atoms with van der Waals surface area (Å²) in [6.07, 6.45) is 0. The molecule has 1 amide bonds. The van der Waals surface area contributed by atoms with Gasteiger partial charge >= 0.3 is 5.79 Å². The van der Waals surface area contributed by atoms with Crippen LogP contribution in [0.4, 0.5) is 0 Å². The van der Waals surface area contributed by atoms with Crippen LogP contribution in [0.5, 0.6) is 0 Å². The van der Waals surface area contributed by atoms with Gasteiger partial charge < -0.3 is 4.90 Å². The fourth-order valence-corrected chi connectivity index (χ4v) is 0.803.